The molecule has 3 heterocycles. The molecule has 1 aromatic carbocycles. The molecule has 2 saturated heterocycles. The standard InChI is InChI=1S/C26H37N5O3/c1-2-30-21(16-18-9-10-19(25(27)28)17-23(18)30)12-11-20-6-3-15-31(20)26(34)22-7-4-13-29(22)14-5-8-24(32)33/h9-10,16-17,20,22H,2-8,11-15H2,1H3,(H3,27,28)(H,32,33)/t20-,22+/m0/s1. The number of benzene rings is 1. The van der Waals surface area contributed by atoms with E-state index in [9.17, 15) is 9.59 Å². The second-order valence-corrected chi connectivity index (χ2v) is 9.62. The molecule has 0 bridgehead atoms. The van der Waals surface area contributed by atoms with Crippen molar-refractivity contribution in [3.05, 3.63) is 35.5 Å². The molecule has 2 fully saturated rings. The molecule has 1 aromatic heterocycles. The molecular formula is C26H37N5O3. The van der Waals surface area contributed by atoms with Crippen LogP contribution in [0.1, 0.15) is 63.1 Å². The van der Waals surface area contributed by atoms with Gasteiger partial charge < -0.3 is 20.3 Å². The van der Waals surface area contributed by atoms with Gasteiger partial charge in [-0.15, -0.1) is 0 Å². The van der Waals surface area contributed by atoms with Gasteiger partial charge in [0.25, 0.3) is 0 Å². The highest BCUT2D eigenvalue weighted by Gasteiger charge is 2.37. The number of carboxylic acids is 1. The number of nitrogens with zero attached hydrogens (tertiary/aromatic N) is 3. The van der Waals surface area contributed by atoms with E-state index in [0.29, 0.717) is 13.0 Å². The van der Waals surface area contributed by atoms with Crippen LogP contribution >= 0.6 is 0 Å². The number of aryl methyl sites for hydroxylation is 2. The lowest BCUT2D eigenvalue weighted by atomic mass is 10.1. The molecule has 34 heavy (non-hydrogen) atoms. The summed E-state index contributed by atoms with van der Waals surface area (Å²) in [7, 11) is 0. The van der Waals surface area contributed by atoms with E-state index in [0.717, 1.165) is 74.6 Å². The molecule has 8 nitrogen and oxygen atoms in total. The Morgan fingerprint density at radius 2 is 1.97 bits per heavy atom. The minimum Gasteiger partial charge on any atom is -0.481 e. The van der Waals surface area contributed by atoms with E-state index in [4.69, 9.17) is 16.2 Å². The van der Waals surface area contributed by atoms with E-state index < -0.39 is 5.97 Å². The van der Waals surface area contributed by atoms with Crippen molar-refractivity contribution >= 4 is 28.6 Å². The average Bonchev–Trinajstić information content (AvgIpc) is 3.54. The van der Waals surface area contributed by atoms with Gasteiger partial charge >= 0.3 is 5.97 Å². The Kier molecular flexibility index (Phi) is 7.56. The van der Waals surface area contributed by atoms with Gasteiger partial charge in [0.1, 0.15) is 5.84 Å². The molecule has 0 spiro atoms. The smallest absolute Gasteiger partial charge is 0.303 e. The number of carbonyl (C=O) groups is 2. The number of hydrogen-bond acceptors (Lipinski definition) is 4. The minimum absolute atomic E-state index is 0.0799. The zero-order valence-corrected chi connectivity index (χ0v) is 20.1. The van der Waals surface area contributed by atoms with Gasteiger partial charge in [-0.3, -0.25) is 19.9 Å². The summed E-state index contributed by atoms with van der Waals surface area (Å²) in [5, 5.41) is 17.8. The first-order valence-corrected chi connectivity index (χ1v) is 12.6. The topological polar surface area (TPSA) is 116 Å². The molecule has 2 atom stereocenters. The van der Waals surface area contributed by atoms with Gasteiger partial charge in [0.15, 0.2) is 0 Å². The first-order valence-electron chi connectivity index (χ1n) is 12.6. The third-order valence-corrected chi connectivity index (χ3v) is 7.50. The highest BCUT2D eigenvalue weighted by molar-refractivity contribution is 5.98. The van der Waals surface area contributed by atoms with E-state index in [1.54, 1.807) is 0 Å². The fourth-order valence-corrected chi connectivity index (χ4v) is 5.80. The van der Waals surface area contributed by atoms with Crippen LogP contribution in [-0.4, -0.2) is 68.9 Å². The summed E-state index contributed by atoms with van der Waals surface area (Å²) in [4.78, 5) is 28.6. The summed E-state index contributed by atoms with van der Waals surface area (Å²) in [6.07, 6.45) is 6.54. The Labute approximate surface area is 201 Å². The van der Waals surface area contributed by atoms with Crippen molar-refractivity contribution < 1.29 is 14.7 Å². The maximum absolute atomic E-state index is 13.5. The highest BCUT2D eigenvalue weighted by atomic mass is 16.4. The molecule has 8 heteroatoms. The van der Waals surface area contributed by atoms with Crippen LogP contribution in [-0.2, 0) is 22.6 Å². The molecular weight excluding hydrogens is 430 g/mol. The Morgan fingerprint density at radius 1 is 1.18 bits per heavy atom. The Balaban J connectivity index is 1.42. The Bertz CT molecular complexity index is 1060. The number of aliphatic carboxylic acids is 1. The number of amidine groups is 1. The normalized spacial score (nSPS) is 20.9. The molecule has 184 valence electrons. The third-order valence-electron chi connectivity index (χ3n) is 7.50. The molecule has 0 aliphatic carbocycles. The maximum atomic E-state index is 13.5. The molecule has 4 N–H and O–H groups in total. The number of carbonyl (C=O) groups excluding carboxylic acids is 1. The molecule has 0 saturated carbocycles. The zero-order valence-electron chi connectivity index (χ0n) is 20.1. The zero-order chi connectivity index (χ0) is 24.2. The number of aromatic nitrogens is 1. The lowest BCUT2D eigenvalue weighted by Gasteiger charge is -2.31. The summed E-state index contributed by atoms with van der Waals surface area (Å²) in [6, 6.07) is 8.31. The van der Waals surface area contributed by atoms with E-state index >= 15 is 0 Å². The van der Waals surface area contributed by atoms with Crippen molar-refractivity contribution in [1.29, 1.82) is 5.41 Å². The van der Waals surface area contributed by atoms with E-state index in [-0.39, 0.29) is 30.2 Å². The van der Waals surface area contributed by atoms with Crippen LogP contribution in [0.25, 0.3) is 10.9 Å². The summed E-state index contributed by atoms with van der Waals surface area (Å²) >= 11 is 0. The third kappa shape index (κ3) is 5.12. The summed E-state index contributed by atoms with van der Waals surface area (Å²) in [5.74, 6) is -0.461. The first-order chi connectivity index (χ1) is 16.4. The van der Waals surface area contributed by atoms with Gasteiger partial charge in [-0.1, -0.05) is 12.1 Å². The summed E-state index contributed by atoms with van der Waals surface area (Å²) in [5.41, 5.74) is 8.80. The molecule has 0 unspecified atom stereocenters. The van der Waals surface area contributed by atoms with Crippen LogP contribution in [0.4, 0.5) is 0 Å². The number of fused-ring (bicyclic) bond motifs is 1. The number of nitrogen functional groups attached to an aromatic ring is 1. The predicted octanol–water partition coefficient (Wildman–Crippen LogP) is 3.20. The van der Waals surface area contributed by atoms with Crippen molar-refractivity contribution in [1.82, 2.24) is 14.4 Å². The Hall–Kier alpha value is -2.87. The van der Waals surface area contributed by atoms with Crippen LogP contribution in [0.15, 0.2) is 24.3 Å². The number of nitrogens with two attached hydrogens (primary N) is 1. The van der Waals surface area contributed by atoms with Gasteiger partial charge in [-0.25, -0.2) is 0 Å². The molecule has 2 aliphatic heterocycles. The predicted molar refractivity (Wildman–Crippen MR) is 133 cm³/mol. The minimum atomic E-state index is -0.774. The van der Waals surface area contributed by atoms with Crippen molar-refractivity contribution in [2.24, 2.45) is 5.73 Å². The van der Waals surface area contributed by atoms with Gasteiger partial charge in [-0.2, -0.15) is 0 Å². The average molecular weight is 468 g/mol. The monoisotopic (exact) mass is 467 g/mol. The fourth-order valence-electron chi connectivity index (χ4n) is 5.80. The first kappa shape index (κ1) is 24.3. The Morgan fingerprint density at radius 3 is 2.71 bits per heavy atom. The van der Waals surface area contributed by atoms with Crippen molar-refractivity contribution in [2.45, 2.75) is 76.9 Å². The lowest BCUT2D eigenvalue weighted by molar-refractivity contribution is -0.137. The van der Waals surface area contributed by atoms with E-state index in [1.807, 2.05) is 18.2 Å². The van der Waals surface area contributed by atoms with Crippen LogP contribution < -0.4 is 5.73 Å². The van der Waals surface area contributed by atoms with Crippen LogP contribution in [0.5, 0.6) is 0 Å². The lowest BCUT2D eigenvalue weighted by Crippen LogP contribution is -2.47. The van der Waals surface area contributed by atoms with Crippen molar-refractivity contribution in [3.63, 3.8) is 0 Å². The van der Waals surface area contributed by atoms with Crippen molar-refractivity contribution in [2.75, 3.05) is 19.6 Å². The largest absolute Gasteiger partial charge is 0.481 e. The second kappa shape index (κ2) is 10.6. The van der Waals surface area contributed by atoms with Gasteiger partial charge in [0, 0.05) is 42.3 Å². The number of carboxylic acid groups (broad SMARTS) is 1. The number of likely N-dealkylation sites (tertiary alicyclic amines) is 2. The van der Waals surface area contributed by atoms with Crippen LogP contribution in [0, 0.1) is 5.41 Å². The van der Waals surface area contributed by atoms with Gasteiger partial charge in [-0.05, 0) is 82.5 Å². The number of amides is 1. The van der Waals surface area contributed by atoms with Gasteiger partial charge in [0.2, 0.25) is 5.91 Å². The fraction of sp³-hybridized carbons (Fsp3) is 0.577. The molecule has 2 aliphatic rings. The van der Waals surface area contributed by atoms with Crippen molar-refractivity contribution in [3.8, 4) is 0 Å². The summed E-state index contributed by atoms with van der Waals surface area (Å²) < 4.78 is 2.30. The van der Waals surface area contributed by atoms with E-state index in [1.165, 1.54) is 5.69 Å². The molecule has 1 amide bonds. The highest BCUT2D eigenvalue weighted by Crippen LogP contribution is 2.29. The quantitative estimate of drug-likeness (QED) is 0.367. The maximum Gasteiger partial charge on any atom is 0.303 e. The number of rotatable bonds is 10. The van der Waals surface area contributed by atoms with Crippen LogP contribution in [0.2, 0.25) is 0 Å². The second-order valence-electron chi connectivity index (χ2n) is 9.62. The van der Waals surface area contributed by atoms with E-state index in [2.05, 4.69) is 27.4 Å². The van der Waals surface area contributed by atoms with Gasteiger partial charge in [0.05, 0.1) is 6.04 Å². The number of hydrogen-bond donors (Lipinski definition) is 3. The molecule has 2 aromatic rings. The molecule has 0 radical (unpaired) electrons. The SMILES string of the molecule is CCn1c(CC[C@@H]2CCCN2C(=O)[C@H]2CCCN2CCCC(=O)O)cc2ccc(C(=N)N)cc21. The van der Waals surface area contributed by atoms with Crippen LogP contribution in [0.3, 0.4) is 0 Å². The number of nitrogens with one attached hydrogen (secondary N) is 1. The summed E-state index contributed by atoms with van der Waals surface area (Å²) in [6.45, 7) is 5.36. The molecule has 4 rings (SSSR count).